The summed E-state index contributed by atoms with van der Waals surface area (Å²) in [4.78, 5) is 16.4. The minimum atomic E-state index is -3.50. The van der Waals surface area contributed by atoms with Gasteiger partial charge in [-0.25, -0.2) is 4.79 Å². The Labute approximate surface area is 141 Å². The number of aromatic nitrogens is 1. The van der Waals surface area contributed by atoms with Crippen LogP contribution in [0.25, 0.3) is 0 Å². The highest BCUT2D eigenvalue weighted by atomic mass is 79.9. The minimum absolute atomic E-state index is 0.163. The summed E-state index contributed by atoms with van der Waals surface area (Å²) in [6.07, 6.45) is -7.32. The molecule has 20 heavy (non-hydrogen) atoms. The van der Waals surface area contributed by atoms with Crippen molar-refractivity contribution in [1.29, 1.82) is 0 Å². The largest absolute Gasteiger partial charge is 0.444 e. The SMILES string of the molecule is [2H]C1([2H])N(C(=O)OC(C)(C)C)C([2H])([2H])C([2H])(c2ccc(Br)cn2)C([2H])([2H])C1([2H])[2H]. The number of nitrogens with zero attached hydrogens (tertiary/aromatic N) is 2. The van der Waals surface area contributed by atoms with Crippen LogP contribution in [0, 0.1) is 0 Å². The molecule has 1 atom stereocenters. The molecule has 1 aromatic rings. The van der Waals surface area contributed by atoms with E-state index in [1.165, 1.54) is 33.0 Å². The second kappa shape index (κ2) is 6.12. The molecule has 110 valence electrons. The van der Waals surface area contributed by atoms with Crippen LogP contribution in [0.5, 0.6) is 0 Å². The fourth-order valence-corrected chi connectivity index (χ4v) is 1.59. The van der Waals surface area contributed by atoms with E-state index >= 15 is 0 Å². The highest BCUT2D eigenvalue weighted by Crippen LogP contribution is 2.27. The number of hydrogen-bond acceptors (Lipinski definition) is 3. The van der Waals surface area contributed by atoms with E-state index in [0.717, 1.165) is 6.07 Å². The molecule has 1 aliphatic heterocycles. The van der Waals surface area contributed by atoms with E-state index in [2.05, 4.69) is 20.9 Å². The maximum absolute atomic E-state index is 12.7. The van der Waals surface area contributed by atoms with E-state index in [-0.39, 0.29) is 4.90 Å². The average molecular weight is 350 g/mol. The minimum Gasteiger partial charge on any atom is -0.444 e. The molecule has 1 saturated heterocycles. The summed E-state index contributed by atoms with van der Waals surface area (Å²) in [6, 6.07) is 2.48. The van der Waals surface area contributed by atoms with Crippen molar-refractivity contribution in [2.24, 2.45) is 0 Å². The molecule has 0 aromatic carbocycles. The van der Waals surface area contributed by atoms with Gasteiger partial charge < -0.3 is 9.64 Å². The third-order valence-electron chi connectivity index (χ3n) is 2.14. The topological polar surface area (TPSA) is 42.4 Å². The molecule has 5 heteroatoms. The Morgan fingerprint density at radius 3 is 2.95 bits per heavy atom. The number of amides is 1. The lowest BCUT2D eigenvalue weighted by molar-refractivity contribution is 0.0197. The lowest BCUT2D eigenvalue weighted by Gasteiger charge is -2.33. The van der Waals surface area contributed by atoms with Crippen molar-refractivity contribution in [3.63, 3.8) is 0 Å². The van der Waals surface area contributed by atoms with Crippen LogP contribution in [0.2, 0.25) is 0 Å². The lowest BCUT2D eigenvalue weighted by Crippen LogP contribution is -2.42. The molecule has 1 unspecified atom stereocenters. The predicted octanol–water partition coefficient (Wildman–Crippen LogP) is 3.96. The molecule has 0 aliphatic carbocycles. The summed E-state index contributed by atoms with van der Waals surface area (Å²) in [5.74, 6) is -3.13. The number of likely N-dealkylation sites (tertiary alicyclic amines) is 1. The van der Waals surface area contributed by atoms with Crippen molar-refractivity contribution in [3.8, 4) is 0 Å². The van der Waals surface area contributed by atoms with Crippen LogP contribution in [0.4, 0.5) is 4.79 Å². The number of hydrogen-bond donors (Lipinski definition) is 0. The Bertz CT molecular complexity index is 811. The summed E-state index contributed by atoms with van der Waals surface area (Å²) in [6.45, 7) is -2.49. The average Bonchev–Trinajstić information content (AvgIpc) is 2.50. The van der Waals surface area contributed by atoms with Gasteiger partial charge in [-0.2, -0.15) is 0 Å². The quantitative estimate of drug-likeness (QED) is 0.770. The molecule has 1 aromatic heterocycles. The van der Waals surface area contributed by atoms with Crippen molar-refractivity contribution < 1.29 is 21.9 Å². The number of piperidine rings is 1. The number of rotatable bonds is 1. The molecule has 0 saturated carbocycles. The molecule has 0 bridgehead atoms. The maximum Gasteiger partial charge on any atom is 0.410 e. The summed E-state index contributed by atoms with van der Waals surface area (Å²) >= 11 is 3.12. The summed E-state index contributed by atoms with van der Waals surface area (Å²) in [5.41, 5.74) is -1.68. The van der Waals surface area contributed by atoms with Gasteiger partial charge in [-0.1, -0.05) is 0 Å². The Balaban J connectivity index is 2.84. The third-order valence-corrected chi connectivity index (χ3v) is 2.61. The number of pyridine rings is 1. The van der Waals surface area contributed by atoms with Crippen molar-refractivity contribution in [2.45, 2.75) is 45.0 Å². The first kappa shape index (κ1) is 7.25. The van der Waals surface area contributed by atoms with Crippen molar-refractivity contribution in [1.82, 2.24) is 9.88 Å². The highest BCUT2D eigenvalue weighted by Gasteiger charge is 2.28. The van der Waals surface area contributed by atoms with Gasteiger partial charge in [-0.05, 0) is 61.6 Å². The fraction of sp³-hybridized carbons (Fsp3) is 0.600. The predicted molar refractivity (Wildman–Crippen MR) is 81.7 cm³/mol. The standard InChI is InChI=1S/C15H21BrN2O2/c1-15(2,3)20-14(19)18-8-4-5-11(10-18)13-7-6-12(16)9-17-13/h6-7,9,11H,4-5,8,10H2,1-3H3/i4D2,5D2,8D2,10D2,11D. The molecule has 2 heterocycles. The molecule has 1 amide bonds. The second-order valence-electron chi connectivity index (χ2n) is 5.03. The number of carbonyl (C=O) groups is 1. The molecule has 0 N–H and O–H groups in total. The molecule has 4 nitrogen and oxygen atoms in total. The van der Waals surface area contributed by atoms with Crippen LogP contribution in [0.15, 0.2) is 22.8 Å². The van der Waals surface area contributed by atoms with Crippen LogP contribution in [-0.4, -0.2) is 34.6 Å². The van der Waals surface area contributed by atoms with Gasteiger partial charge in [0.2, 0.25) is 0 Å². The van der Waals surface area contributed by atoms with Gasteiger partial charge in [0.25, 0.3) is 0 Å². The van der Waals surface area contributed by atoms with Crippen molar-refractivity contribution in [2.75, 3.05) is 13.0 Å². The Kier molecular flexibility index (Phi) is 2.22. The zero-order valence-electron chi connectivity index (χ0n) is 20.3. The van der Waals surface area contributed by atoms with Crippen LogP contribution in [-0.2, 0) is 4.74 Å². The zero-order chi connectivity index (χ0) is 22.8. The van der Waals surface area contributed by atoms with Gasteiger partial charge in [0, 0.05) is 44.8 Å². The monoisotopic (exact) mass is 349 g/mol. The van der Waals surface area contributed by atoms with Gasteiger partial charge in [0.05, 0.1) is 2.74 Å². The van der Waals surface area contributed by atoms with E-state index in [1.54, 1.807) is 0 Å². The van der Waals surface area contributed by atoms with Gasteiger partial charge in [0.1, 0.15) is 5.60 Å². The van der Waals surface area contributed by atoms with E-state index in [0.29, 0.717) is 4.47 Å². The third kappa shape index (κ3) is 4.20. The fourth-order valence-electron chi connectivity index (χ4n) is 1.36. The van der Waals surface area contributed by atoms with E-state index in [1.807, 2.05) is 0 Å². The zero-order valence-corrected chi connectivity index (χ0v) is 12.9. The number of carbonyl (C=O) groups excluding carboxylic acids is 1. The summed E-state index contributed by atoms with van der Waals surface area (Å²) in [7, 11) is 0. The summed E-state index contributed by atoms with van der Waals surface area (Å²) < 4.78 is 80.3. The first-order valence-corrected chi connectivity index (χ1v) is 6.70. The first-order chi connectivity index (χ1) is 12.7. The molecule has 2 rings (SSSR count). The highest BCUT2D eigenvalue weighted by molar-refractivity contribution is 9.10. The molecule has 0 radical (unpaired) electrons. The van der Waals surface area contributed by atoms with Crippen LogP contribution in [0.3, 0.4) is 0 Å². The second-order valence-corrected chi connectivity index (χ2v) is 5.94. The van der Waals surface area contributed by atoms with Crippen molar-refractivity contribution >= 4 is 22.0 Å². The first-order valence-electron chi connectivity index (χ1n) is 10.4. The normalized spacial score (nSPS) is 40.2. The maximum atomic E-state index is 12.7. The Morgan fingerprint density at radius 1 is 1.60 bits per heavy atom. The molecule has 1 aliphatic rings. The van der Waals surface area contributed by atoms with E-state index in [9.17, 15) is 4.79 Å². The van der Waals surface area contributed by atoms with Crippen LogP contribution in [0.1, 0.15) is 57.4 Å². The summed E-state index contributed by atoms with van der Waals surface area (Å²) in [5, 5.41) is 0. The molecule has 1 fully saturated rings. The lowest BCUT2D eigenvalue weighted by atomic mass is 9.94. The van der Waals surface area contributed by atoms with Gasteiger partial charge >= 0.3 is 6.09 Å². The molecular formula is C15H21BrN2O2. The smallest absolute Gasteiger partial charge is 0.410 e. The van der Waals surface area contributed by atoms with E-state index in [4.69, 9.17) is 17.1 Å². The Morgan fingerprint density at radius 2 is 2.35 bits per heavy atom. The number of ether oxygens (including phenoxy) is 1. The molecule has 0 spiro atoms. The molecular weight excluding hydrogens is 320 g/mol. The number of halogens is 1. The van der Waals surface area contributed by atoms with Crippen molar-refractivity contribution in [3.05, 3.63) is 28.5 Å². The van der Waals surface area contributed by atoms with Gasteiger partial charge in [0.15, 0.2) is 0 Å². The van der Waals surface area contributed by atoms with Gasteiger partial charge in [-0.15, -0.1) is 0 Å². The van der Waals surface area contributed by atoms with E-state index < -0.39 is 49.0 Å². The Hall–Kier alpha value is -1.10. The van der Waals surface area contributed by atoms with Gasteiger partial charge in [-0.3, -0.25) is 4.98 Å². The van der Waals surface area contributed by atoms with Crippen LogP contribution >= 0.6 is 15.9 Å². The van der Waals surface area contributed by atoms with Crippen LogP contribution < -0.4 is 0 Å².